The first-order chi connectivity index (χ1) is 12.9. The van der Waals surface area contributed by atoms with Crippen LogP contribution in [-0.2, 0) is 4.79 Å². The molecule has 138 valence electrons. The molecule has 0 spiro atoms. The summed E-state index contributed by atoms with van der Waals surface area (Å²) in [6, 6.07) is 7.95. The Morgan fingerprint density at radius 3 is 2.70 bits per heavy atom. The molecule has 0 aliphatic heterocycles. The summed E-state index contributed by atoms with van der Waals surface area (Å²) >= 11 is 1.11. The van der Waals surface area contributed by atoms with Crippen LogP contribution in [-0.4, -0.2) is 31.4 Å². The second-order valence-corrected chi connectivity index (χ2v) is 6.64. The molecule has 4 N–H and O–H groups in total. The highest BCUT2D eigenvalue weighted by molar-refractivity contribution is 7.99. The number of nitrogens with zero attached hydrogens (tertiary/aromatic N) is 4. The SMILES string of the molecule is Cc1c(C#N)c(NC(=O)CSc2n[nH]c(N)n2)n(-c2ccc(F)cc2)c1C. The van der Waals surface area contributed by atoms with Crippen molar-refractivity contribution in [3.05, 3.63) is 46.9 Å². The number of benzene rings is 1. The van der Waals surface area contributed by atoms with Gasteiger partial charge in [-0.25, -0.2) is 9.49 Å². The molecule has 0 aliphatic rings. The highest BCUT2D eigenvalue weighted by Gasteiger charge is 2.21. The van der Waals surface area contributed by atoms with Crippen molar-refractivity contribution in [2.75, 3.05) is 16.8 Å². The van der Waals surface area contributed by atoms with E-state index in [1.807, 2.05) is 6.92 Å². The Balaban J connectivity index is 1.89. The van der Waals surface area contributed by atoms with Crippen LogP contribution >= 0.6 is 11.8 Å². The molecule has 0 atom stereocenters. The van der Waals surface area contributed by atoms with Gasteiger partial charge in [0.15, 0.2) is 0 Å². The first-order valence-electron chi connectivity index (χ1n) is 7.89. The lowest BCUT2D eigenvalue weighted by molar-refractivity contribution is -0.113. The molecule has 0 unspecified atom stereocenters. The maximum atomic E-state index is 13.3. The van der Waals surface area contributed by atoms with Crippen molar-refractivity contribution in [3.8, 4) is 11.8 Å². The highest BCUT2D eigenvalue weighted by Crippen LogP contribution is 2.30. The zero-order chi connectivity index (χ0) is 19.6. The van der Waals surface area contributed by atoms with Gasteiger partial charge in [-0.05, 0) is 43.7 Å². The second kappa shape index (κ2) is 7.51. The molecule has 1 amide bonds. The van der Waals surface area contributed by atoms with Crippen molar-refractivity contribution in [1.82, 2.24) is 19.7 Å². The van der Waals surface area contributed by atoms with Crippen LogP contribution in [0.15, 0.2) is 29.4 Å². The monoisotopic (exact) mass is 385 g/mol. The summed E-state index contributed by atoms with van der Waals surface area (Å²) in [5.41, 5.74) is 7.97. The summed E-state index contributed by atoms with van der Waals surface area (Å²) in [6.07, 6.45) is 0. The fourth-order valence-corrected chi connectivity index (χ4v) is 3.20. The van der Waals surface area contributed by atoms with Gasteiger partial charge in [0.2, 0.25) is 17.0 Å². The van der Waals surface area contributed by atoms with Gasteiger partial charge in [-0.3, -0.25) is 9.36 Å². The van der Waals surface area contributed by atoms with E-state index in [2.05, 4.69) is 26.6 Å². The third-order valence-electron chi connectivity index (χ3n) is 3.98. The smallest absolute Gasteiger partial charge is 0.236 e. The van der Waals surface area contributed by atoms with Crippen molar-refractivity contribution in [3.63, 3.8) is 0 Å². The number of anilines is 2. The minimum Gasteiger partial charge on any atom is -0.368 e. The Hall–Kier alpha value is -3.32. The number of halogens is 1. The first kappa shape index (κ1) is 18.5. The van der Waals surface area contributed by atoms with E-state index in [9.17, 15) is 14.4 Å². The highest BCUT2D eigenvalue weighted by atomic mass is 32.2. The number of nitrogens with two attached hydrogens (primary N) is 1. The van der Waals surface area contributed by atoms with Crippen molar-refractivity contribution in [2.45, 2.75) is 19.0 Å². The molecule has 27 heavy (non-hydrogen) atoms. The lowest BCUT2D eigenvalue weighted by atomic mass is 10.2. The molecule has 0 radical (unpaired) electrons. The van der Waals surface area contributed by atoms with E-state index in [0.29, 0.717) is 22.2 Å². The van der Waals surface area contributed by atoms with Crippen LogP contribution < -0.4 is 11.1 Å². The van der Waals surface area contributed by atoms with Gasteiger partial charge in [0.25, 0.3) is 0 Å². The van der Waals surface area contributed by atoms with Crippen molar-refractivity contribution in [2.24, 2.45) is 0 Å². The molecule has 0 fully saturated rings. The lowest BCUT2D eigenvalue weighted by Gasteiger charge is -2.13. The third-order valence-corrected chi connectivity index (χ3v) is 4.83. The third kappa shape index (κ3) is 3.78. The zero-order valence-electron chi connectivity index (χ0n) is 14.6. The molecular weight excluding hydrogens is 369 g/mol. The van der Waals surface area contributed by atoms with E-state index in [4.69, 9.17) is 5.73 Å². The molecule has 2 aromatic heterocycles. The van der Waals surface area contributed by atoms with Gasteiger partial charge in [0, 0.05) is 11.4 Å². The molecule has 1 aromatic carbocycles. The Bertz CT molecular complexity index is 1030. The van der Waals surface area contributed by atoms with Gasteiger partial charge in [-0.15, -0.1) is 5.10 Å². The number of hydrogen-bond donors (Lipinski definition) is 3. The van der Waals surface area contributed by atoms with Crippen LogP contribution in [0, 0.1) is 31.0 Å². The number of rotatable bonds is 5. The number of nitrogens with one attached hydrogen (secondary N) is 2. The normalized spacial score (nSPS) is 10.6. The van der Waals surface area contributed by atoms with E-state index < -0.39 is 0 Å². The molecule has 0 aliphatic carbocycles. The van der Waals surface area contributed by atoms with Gasteiger partial charge >= 0.3 is 0 Å². The van der Waals surface area contributed by atoms with E-state index in [1.165, 1.54) is 12.1 Å². The molecule has 8 nitrogen and oxygen atoms in total. The molecule has 0 saturated carbocycles. The maximum Gasteiger partial charge on any atom is 0.236 e. The first-order valence-corrected chi connectivity index (χ1v) is 8.87. The van der Waals surface area contributed by atoms with Crippen LogP contribution in [0.5, 0.6) is 0 Å². The molecule has 0 saturated heterocycles. The van der Waals surface area contributed by atoms with Crippen LogP contribution in [0.1, 0.15) is 16.8 Å². The minimum absolute atomic E-state index is 0.0366. The van der Waals surface area contributed by atoms with Gasteiger partial charge < -0.3 is 11.1 Å². The average molecular weight is 385 g/mol. The Morgan fingerprint density at radius 2 is 2.11 bits per heavy atom. The van der Waals surface area contributed by atoms with Gasteiger partial charge in [0.1, 0.15) is 17.7 Å². The summed E-state index contributed by atoms with van der Waals surface area (Å²) in [4.78, 5) is 16.3. The van der Waals surface area contributed by atoms with Crippen molar-refractivity contribution >= 4 is 29.4 Å². The topological polar surface area (TPSA) is 125 Å². The van der Waals surface area contributed by atoms with Crippen LogP contribution in [0.25, 0.3) is 5.69 Å². The zero-order valence-corrected chi connectivity index (χ0v) is 15.4. The number of hydrogen-bond acceptors (Lipinski definition) is 6. The maximum absolute atomic E-state index is 13.3. The number of H-pyrrole nitrogens is 1. The molecule has 2 heterocycles. The molecule has 10 heteroatoms. The minimum atomic E-state index is -0.367. The van der Waals surface area contributed by atoms with Gasteiger partial charge in [-0.2, -0.15) is 10.2 Å². The largest absolute Gasteiger partial charge is 0.368 e. The number of nitrogen functional groups attached to an aromatic ring is 1. The molecule has 3 rings (SSSR count). The Kier molecular flexibility index (Phi) is 5.14. The van der Waals surface area contributed by atoms with E-state index in [1.54, 1.807) is 23.6 Å². The molecular formula is C17H16FN7OS. The summed E-state index contributed by atoms with van der Waals surface area (Å²) in [6.45, 7) is 3.63. The van der Waals surface area contributed by atoms with Crippen LogP contribution in [0.4, 0.5) is 16.2 Å². The van der Waals surface area contributed by atoms with Crippen molar-refractivity contribution < 1.29 is 9.18 Å². The Labute approximate surface area is 158 Å². The predicted molar refractivity (Wildman–Crippen MR) is 100 cm³/mol. The summed E-state index contributed by atoms with van der Waals surface area (Å²) < 4.78 is 15.0. The van der Waals surface area contributed by atoms with E-state index in [0.717, 1.165) is 23.0 Å². The number of thioether (sulfide) groups is 1. The average Bonchev–Trinajstić information content (AvgIpc) is 3.16. The fourth-order valence-electron chi connectivity index (χ4n) is 2.59. The standard InChI is InChI=1S/C17H16FN7OS/c1-9-10(2)25(12-5-3-11(18)4-6-12)15(13(9)7-19)21-14(26)8-27-17-22-16(20)23-24-17/h3-6H,8H2,1-2H3,(H,21,26)(H3,20,22,23,24). The second-order valence-electron chi connectivity index (χ2n) is 5.70. The van der Waals surface area contributed by atoms with Gasteiger partial charge in [-0.1, -0.05) is 11.8 Å². The Morgan fingerprint density at radius 1 is 1.41 bits per heavy atom. The number of nitriles is 1. The van der Waals surface area contributed by atoms with Gasteiger partial charge in [0.05, 0.1) is 11.3 Å². The lowest BCUT2D eigenvalue weighted by Crippen LogP contribution is -2.17. The number of aromatic nitrogens is 4. The number of aromatic amines is 1. The molecule has 0 bridgehead atoms. The summed E-state index contributed by atoms with van der Waals surface area (Å²) in [7, 11) is 0. The summed E-state index contributed by atoms with van der Waals surface area (Å²) in [5, 5.41) is 19.0. The molecule has 3 aromatic rings. The quantitative estimate of drug-likeness (QED) is 0.580. The van der Waals surface area contributed by atoms with Crippen LogP contribution in [0.3, 0.4) is 0 Å². The number of amides is 1. The number of carbonyl (C=O) groups is 1. The number of carbonyl (C=O) groups excluding carboxylic acids is 1. The van der Waals surface area contributed by atoms with E-state index >= 15 is 0 Å². The van der Waals surface area contributed by atoms with Crippen molar-refractivity contribution in [1.29, 1.82) is 5.26 Å². The predicted octanol–water partition coefficient (Wildman–Crippen LogP) is 2.54. The van der Waals surface area contributed by atoms with E-state index in [-0.39, 0.29) is 23.4 Å². The summed E-state index contributed by atoms with van der Waals surface area (Å²) in [5.74, 6) is -0.149. The fraction of sp³-hybridized carbons (Fsp3) is 0.176. The van der Waals surface area contributed by atoms with Crippen LogP contribution in [0.2, 0.25) is 0 Å².